The van der Waals surface area contributed by atoms with Gasteiger partial charge in [0.2, 0.25) is 5.78 Å². The molecule has 6 nitrogen and oxygen atoms in total. The molecule has 0 bridgehead atoms. The maximum Gasteiger partial charge on any atom is 0.387 e. The number of halogens is 3. The Balaban J connectivity index is 1.67. The van der Waals surface area contributed by atoms with Crippen LogP contribution < -0.4 is 9.47 Å². The van der Waals surface area contributed by atoms with Gasteiger partial charge in [-0.25, -0.2) is 4.79 Å². The number of ether oxygens (including phenoxy) is 3. The number of nitrogens with zero attached hydrogens (tertiary/aromatic N) is 1. The minimum Gasteiger partial charge on any atom is -0.482 e. The summed E-state index contributed by atoms with van der Waals surface area (Å²) >= 11 is 5.91. The second-order valence-corrected chi connectivity index (χ2v) is 8.12. The molecule has 0 aliphatic carbocycles. The Morgan fingerprint density at radius 3 is 2.32 bits per heavy atom. The lowest BCUT2D eigenvalue weighted by Crippen LogP contribution is -2.27. The summed E-state index contributed by atoms with van der Waals surface area (Å²) in [7, 11) is 0. The number of aryl methyl sites for hydroxylation is 2. The number of esters is 1. The van der Waals surface area contributed by atoms with Gasteiger partial charge >= 0.3 is 12.6 Å². The molecule has 1 heterocycles. The highest BCUT2D eigenvalue weighted by molar-refractivity contribution is 6.30. The number of Topliss-reactive ketones (excluding diaryl/α,β-unsaturated/α-hetero) is 1. The van der Waals surface area contributed by atoms with Crippen molar-refractivity contribution < 1.29 is 32.6 Å². The van der Waals surface area contributed by atoms with Gasteiger partial charge in [0.15, 0.2) is 12.7 Å². The van der Waals surface area contributed by atoms with Crippen molar-refractivity contribution in [3.05, 3.63) is 76.1 Å². The van der Waals surface area contributed by atoms with E-state index in [1.54, 1.807) is 54.8 Å². The van der Waals surface area contributed by atoms with Crippen molar-refractivity contribution in [2.75, 3.05) is 6.61 Å². The molecule has 1 unspecified atom stereocenters. The predicted octanol–water partition coefficient (Wildman–Crippen LogP) is 5.85. The first-order chi connectivity index (χ1) is 16.1. The van der Waals surface area contributed by atoms with E-state index in [4.69, 9.17) is 21.1 Å². The molecule has 0 saturated carbocycles. The Morgan fingerprint density at radius 2 is 1.71 bits per heavy atom. The monoisotopic (exact) mass is 491 g/mol. The van der Waals surface area contributed by atoms with E-state index in [9.17, 15) is 18.4 Å². The highest BCUT2D eigenvalue weighted by Gasteiger charge is 2.24. The Hall–Kier alpha value is -3.39. The summed E-state index contributed by atoms with van der Waals surface area (Å²) in [5.74, 6) is -0.519. The van der Waals surface area contributed by atoms with Gasteiger partial charge in [0, 0.05) is 27.7 Å². The maximum atomic E-state index is 13.0. The average Bonchev–Trinajstić information content (AvgIpc) is 3.06. The molecule has 0 aliphatic rings. The SMILES string of the molecule is Cc1cc(Cl)ccc1OCC(=O)OC(C)C(=O)c1cc(C)n(-c2ccc(OC(F)F)cc2)c1C. The van der Waals surface area contributed by atoms with Crippen LogP contribution in [0.25, 0.3) is 5.69 Å². The summed E-state index contributed by atoms with van der Waals surface area (Å²) in [6, 6.07) is 12.8. The van der Waals surface area contributed by atoms with Gasteiger partial charge in [-0.05, 0) is 81.8 Å². The van der Waals surface area contributed by atoms with Crippen molar-refractivity contribution in [3.8, 4) is 17.2 Å². The number of hydrogen-bond donors (Lipinski definition) is 0. The largest absolute Gasteiger partial charge is 0.482 e. The Bertz CT molecular complexity index is 1190. The molecule has 0 spiro atoms. The van der Waals surface area contributed by atoms with Crippen LogP contribution in [0, 0.1) is 20.8 Å². The highest BCUT2D eigenvalue weighted by Crippen LogP contribution is 2.25. The van der Waals surface area contributed by atoms with E-state index >= 15 is 0 Å². The molecular weight excluding hydrogens is 468 g/mol. The zero-order valence-corrected chi connectivity index (χ0v) is 19.9. The molecule has 1 aromatic heterocycles. The highest BCUT2D eigenvalue weighted by atomic mass is 35.5. The molecule has 0 N–H and O–H groups in total. The third-order valence-corrected chi connectivity index (χ3v) is 5.41. The number of benzene rings is 2. The van der Waals surface area contributed by atoms with Crippen molar-refractivity contribution >= 4 is 23.4 Å². The van der Waals surface area contributed by atoms with Gasteiger partial charge in [-0.2, -0.15) is 8.78 Å². The Morgan fingerprint density at radius 1 is 1.03 bits per heavy atom. The van der Waals surface area contributed by atoms with Crippen LogP contribution in [0.3, 0.4) is 0 Å². The lowest BCUT2D eigenvalue weighted by molar-refractivity contribution is -0.148. The first-order valence-electron chi connectivity index (χ1n) is 10.4. The number of carbonyl (C=O) groups is 2. The van der Waals surface area contributed by atoms with Crippen molar-refractivity contribution in [1.29, 1.82) is 0 Å². The van der Waals surface area contributed by atoms with E-state index in [0.29, 0.717) is 27.7 Å². The maximum absolute atomic E-state index is 13.0. The average molecular weight is 492 g/mol. The smallest absolute Gasteiger partial charge is 0.387 e. The molecule has 1 atom stereocenters. The first-order valence-corrected chi connectivity index (χ1v) is 10.8. The normalized spacial score (nSPS) is 11.9. The zero-order valence-electron chi connectivity index (χ0n) is 19.1. The molecule has 9 heteroatoms. The summed E-state index contributed by atoms with van der Waals surface area (Å²) < 4.78 is 41.7. The second-order valence-electron chi connectivity index (χ2n) is 7.69. The van der Waals surface area contributed by atoms with Crippen LogP contribution in [0.2, 0.25) is 5.02 Å². The topological polar surface area (TPSA) is 66.8 Å². The molecule has 0 amide bonds. The van der Waals surface area contributed by atoms with Crippen molar-refractivity contribution in [2.24, 2.45) is 0 Å². The van der Waals surface area contributed by atoms with Crippen molar-refractivity contribution in [1.82, 2.24) is 4.57 Å². The van der Waals surface area contributed by atoms with Crippen LogP contribution in [-0.4, -0.2) is 35.6 Å². The van der Waals surface area contributed by atoms with E-state index in [1.165, 1.54) is 19.1 Å². The summed E-state index contributed by atoms with van der Waals surface area (Å²) in [6.07, 6.45) is -1.03. The fourth-order valence-corrected chi connectivity index (χ4v) is 3.83. The van der Waals surface area contributed by atoms with Crippen molar-refractivity contribution in [3.63, 3.8) is 0 Å². The van der Waals surface area contributed by atoms with Gasteiger partial charge in [-0.1, -0.05) is 11.6 Å². The van der Waals surface area contributed by atoms with E-state index in [-0.39, 0.29) is 18.1 Å². The van der Waals surface area contributed by atoms with Gasteiger partial charge < -0.3 is 18.8 Å². The lowest BCUT2D eigenvalue weighted by Gasteiger charge is -2.14. The van der Waals surface area contributed by atoms with Crippen LogP contribution in [0.1, 0.15) is 34.2 Å². The molecule has 3 rings (SSSR count). The molecule has 0 saturated heterocycles. The summed E-state index contributed by atoms with van der Waals surface area (Å²) in [6.45, 7) is 3.60. The number of alkyl halides is 2. The van der Waals surface area contributed by atoms with Gasteiger partial charge in [-0.3, -0.25) is 4.79 Å². The van der Waals surface area contributed by atoms with Gasteiger partial charge in [0.1, 0.15) is 11.5 Å². The predicted molar refractivity (Wildman–Crippen MR) is 123 cm³/mol. The van der Waals surface area contributed by atoms with E-state index in [2.05, 4.69) is 4.74 Å². The van der Waals surface area contributed by atoms with E-state index in [1.807, 2.05) is 6.92 Å². The first kappa shape index (κ1) is 25.2. The van der Waals surface area contributed by atoms with Gasteiger partial charge in [0.05, 0.1) is 0 Å². The van der Waals surface area contributed by atoms with Crippen molar-refractivity contribution in [2.45, 2.75) is 40.4 Å². The van der Waals surface area contributed by atoms with E-state index in [0.717, 1.165) is 11.3 Å². The third kappa shape index (κ3) is 5.94. The van der Waals surface area contributed by atoms with Crippen LogP contribution in [0.4, 0.5) is 8.78 Å². The Labute approximate surface area is 201 Å². The minimum absolute atomic E-state index is 0.0362. The van der Waals surface area contributed by atoms with E-state index < -0.39 is 18.7 Å². The molecule has 2 aromatic carbocycles. The standard InChI is InChI=1S/C25H24ClF2NO5/c1-14-11-18(26)5-10-22(14)32-13-23(30)33-17(4)24(31)21-12-15(2)29(16(21)3)19-6-8-20(9-7-19)34-25(27)28/h5-12,17,25H,13H2,1-4H3. The molecule has 34 heavy (non-hydrogen) atoms. The number of aromatic nitrogens is 1. The van der Waals surface area contributed by atoms with Crippen LogP contribution in [-0.2, 0) is 9.53 Å². The summed E-state index contributed by atoms with van der Waals surface area (Å²) in [5, 5.41) is 0.557. The molecule has 0 radical (unpaired) electrons. The molecule has 0 fully saturated rings. The quantitative estimate of drug-likeness (QED) is 0.277. The fraction of sp³-hybridized carbons (Fsp3) is 0.280. The fourth-order valence-electron chi connectivity index (χ4n) is 3.60. The number of ketones is 1. The summed E-state index contributed by atoms with van der Waals surface area (Å²) in [4.78, 5) is 25.2. The molecular formula is C25H24ClF2NO5. The molecule has 180 valence electrons. The van der Waals surface area contributed by atoms with Gasteiger partial charge in [0.25, 0.3) is 0 Å². The van der Waals surface area contributed by atoms with Crippen LogP contribution in [0.5, 0.6) is 11.5 Å². The van der Waals surface area contributed by atoms with Crippen LogP contribution >= 0.6 is 11.6 Å². The van der Waals surface area contributed by atoms with Gasteiger partial charge in [-0.15, -0.1) is 0 Å². The zero-order chi connectivity index (χ0) is 25.0. The number of carbonyl (C=O) groups excluding carboxylic acids is 2. The molecule has 3 aromatic rings. The summed E-state index contributed by atoms with van der Waals surface area (Å²) in [5.41, 5.74) is 3.21. The second kappa shape index (κ2) is 10.7. The number of rotatable bonds is 9. The molecule has 0 aliphatic heterocycles. The minimum atomic E-state index is -2.91. The Kier molecular flexibility index (Phi) is 7.94. The number of hydrogen-bond acceptors (Lipinski definition) is 5. The third-order valence-electron chi connectivity index (χ3n) is 5.18. The van der Waals surface area contributed by atoms with Crippen LogP contribution in [0.15, 0.2) is 48.5 Å². The lowest BCUT2D eigenvalue weighted by atomic mass is 10.1.